The van der Waals surface area contributed by atoms with Crippen LogP contribution in [0.2, 0.25) is 10.0 Å². The quantitative estimate of drug-likeness (QED) is 0.230. The van der Waals surface area contributed by atoms with Crippen LogP contribution in [0.3, 0.4) is 0 Å². The van der Waals surface area contributed by atoms with Crippen molar-refractivity contribution < 1.29 is 40.4 Å². The van der Waals surface area contributed by atoms with Gasteiger partial charge in [-0.25, -0.2) is 13.4 Å². The molecule has 252 valence electrons. The van der Waals surface area contributed by atoms with Crippen molar-refractivity contribution in [2.45, 2.75) is 83.0 Å². The number of nitrogens with one attached hydrogen (secondary N) is 1. The number of carbonyl (C=O) groups is 2. The topological polar surface area (TPSA) is 145 Å². The van der Waals surface area contributed by atoms with Crippen molar-refractivity contribution in [3.8, 4) is 21.3 Å². The van der Waals surface area contributed by atoms with Gasteiger partial charge in [0.1, 0.15) is 16.6 Å². The van der Waals surface area contributed by atoms with Crippen molar-refractivity contribution in [1.82, 2.24) is 24.7 Å². The molecule has 0 saturated carbocycles. The highest BCUT2D eigenvalue weighted by molar-refractivity contribution is 7.89. The molecule has 1 aliphatic rings. The van der Waals surface area contributed by atoms with Crippen LogP contribution in [0.5, 0.6) is 0 Å². The summed E-state index contributed by atoms with van der Waals surface area (Å²) in [6.45, 7) is 6.89. The molecule has 1 unspecified atom stereocenters. The summed E-state index contributed by atoms with van der Waals surface area (Å²) < 4.78 is 77.8. The van der Waals surface area contributed by atoms with Crippen LogP contribution in [-0.2, 0) is 26.0 Å². The number of hydrogen-bond donors (Lipinski definition) is 1. The van der Waals surface area contributed by atoms with E-state index >= 15 is 0 Å². The van der Waals surface area contributed by atoms with Crippen molar-refractivity contribution in [2.24, 2.45) is 5.41 Å². The highest BCUT2D eigenvalue weighted by Gasteiger charge is 2.42. The molecule has 1 fully saturated rings. The number of thiazole rings is 1. The second-order valence-corrected chi connectivity index (χ2v) is 14.9. The highest BCUT2D eigenvalue weighted by Crippen LogP contribution is 2.44. The summed E-state index contributed by atoms with van der Waals surface area (Å²) in [6, 6.07) is -0.154. The second-order valence-electron chi connectivity index (χ2n) is 11.5. The Morgan fingerprint density at radius 1 is 1.20 bits per heavy atom. The molecular formula is C28H32Cl2F3N5O6S2. The molecule has 18 heteroatoms. The molecule has 3 heterocycles. The molecule has 2 aromatic heterocycles. The molecule has 1 saturated heterocycles. The average Bonchev–Trinajstić information content (AvgIpc) is 3.63. The lowest BCUT2D eigenvalue weighted by molar-refractivity contribution is -0.152. The average molecular weight is 727 g/mol. The molecule has 1 N–H and O–H groups in total. The van der Waals surface area contributed by atoms with E-state index in [2.05, 4.69) is 15.1 Å². The van der Waals surface area contributed by atoms with Gasteiger partial charge in [-0.2, -0.15) is 22.9 Å². The Morgan fingerprint density at radius 3 is 2.50 bits per heavy atom. The number of alkyl halides is 3. The van der Waals surface area contributed by atoms with Crippen molar-refractivity contribution >= 4 is 56.4 Å². The Morgan fingerprint density at radius 2 is 1.89 bits per heavy atom. The molecule has 2 atom stereocenters. The minimum Gasteiger partial charge on any atom is -0.469 e. The summed E-state index contributed by atoms with van der Waals surface area (Å²) in [5, 5.41) is 3.30. The van der Waals surface area contributed by atoms with Crippen molar-refractivity contribution in [3.63, 3.8) is 0 Å². The summed E-state index contributed by atoms with van der Waals surface area (Å²) in [5.74, 6) is -0.757. The molecule has 0 radical (unpaired) electrons. The van der Waals surface area contributed by atoms with E-state index in [0.29, 0.717) is 6.54 Å². The van der Waals surface area contributed by atoms with Crippen LogP contribution < -0.4 is 4.72 Å². The van der Waals surface area contributed by atoms with Gasteiger partial charge in [0.05, 0.1) is 27.4 Å². The minimum absolute atomic E-state index is 0.0233. The first-order valence-corrected chi connectivity index (χ1v) is 17.3. The van der Waals surface area contributed by atoms with Crippen molar-refractivity contribution in [2.75, 3.05) is 13.7 Å². The Hall–Kier alpha value is -2.79. The molecule has 3 aromatic rings. The summed E-state index contributed by atoms with van der Waals surface area (Å²) in [5.41, 5.74) is -0.873. The standard InChI is InChI=1S/C28H32Cl2F3N5O6S2/c1-6-17(28(31,32)33)37-46(41,42)16-11-10-15(19(29)20(16)30)22-21(25(39)38-12-8-7-9-14(38)2)35-24(45-22)23-34-18(44-36-23)13-27(3,4)26(40)43-5/h10-11,14,17,37H,6-9,12-13H2,1-5H3/t14-,17?/m0/s1. The lowest BCUT2D eigenvalue weighted by atomic mass is 9.89. The van der Waals surface area contributed by atoms with Crippen LogP contribution in [0.25, 0.3) is 21.3 Å². The van der Waals surface area contributed by atoms with E-state index in [-0.39, 0.29) is 50.3 Å². The monoisotopic (exact) mass is 725 g/mol. The first-order valence-electron chi connectivity index (χ1n) is 14.2. The number of nitrogens with zero attached hydrogens (tertiary/aromatic N) is 4. The number of piperidine rings is 1. The molecule has 46 heavy (non-hydrogen) atoms. The summed E-state index contributed by atoms with van der Waals surface area (Å²) >= 11 is 13.9. The summed E-state index contributed by atoms with van der Waals surface area (Å²) in [7, 11) is -3.49. The van der Waals surface area contributed by atoms with Crippen LogP contribution >= 0.6 is 34.5 Å². The fraction of sp³-hybridized carbons (Fsp3) is 0.536. The van der Waals surface area contributed by atoms with Gasteiger partial charge >= 0.3 is 12.1 Å². The third kappa shape index (κ3) is 7.51. The number of rotatable bonds is 10. The molecular weight excluding hydrogens is 694 g/mol. The van der Waals surface area contributed by atoms with E-state index in [9.17, 15) is 31.2 Å². The number of aromatic nitrogens is 3. The van der Waals surface area contributed by atoms with Crippen LogP contribution in [-0.4, -0.2) is 72.2 Å². The second kappa shape index (κ2) is 13.7. The van der Waals surface area contributed by atoms with Gasteiger partial charge in [-0.3, -0.25) is 9.59 Å². The summed E-state index contributed by atoms with van der Waals surface area (Å²) in [4.78, 5) is 36.2. The molecule has 4 rings (SSSR count). The normalized spacial score (nSPS) is 16.8. The molecule has 11 nitrogen and oxygen atoms in total. The lowest BCUT2D eigenvalue weighted by Gasteiger charge is -2.33. The van der Waals surface area contributed by atoms with E-state index in [1.54, 1.807) is 23.5 Å². The Labute approximate surface area is 277 Å². The fourth-order valence-electron chi connectivity index (χ4n) is 4.97. The van der Waals surface area contributed by atoms with E-state index < -0.39 is 55.9 Å². The molecule has 1 aliphatic heterocycles. The SMILES string of the molecule is CCC(NS(=O)(=O)c1ccc(-c2sc(-c3noc(CC(C)(C)C(=O)OC)n3)nc2C(=O)N2CCCC[C@@H]2C)c(Cl)c1Cl)C(F)(F)F. The number of sulfonamides is 1. The number of halogens is 5. The van der Waals surface area contributed by atoms with Crippen LogP contribution in [0, 0.1) is 5.41 Å². The number of carbonyl (C=O) groups excluding carboxylic acids is 2. The third-order valence-corrected chi connectivity index (χ3v) is 11.2. The number of benzene rings is 1. The van der Waals surface area contributed by atoms with Crippen LogP contribution in [0.4, 0.5) is 13.2 Å². The predicted molar refractivity (Wildman–Crippen MR) is 165 cm³/mol. The third-order valence-electron chi connectivity index (χ3n) is 7.57. The maximum Gasteiger partial charge on any atom is 0.404 e. The number of esters is 1. The fourth-order valence-corrected chi connectivity index (χ4v) is 8.21. The van der Waals surface area contributed by atoms with Gasteiger partial charge in [-0.05, 0) is 52.5 Å². The summed E-state index contributed by atoms with van der Waals surface area (Å²) in [6.07, 6.45) is -2.80. The smallest absolute Gasteiger partial charge is 0.404 e. The first-order chi connectivity index (χ1) is 21.4. The molecule has 0 spiro atoms. The zero-order valence-electron chi connectivity index (χ0n) is 25.5. The zero-order valence-corrected chi connectivity index (χ0v) is 28.6. The Balaban J connectivity index is 1.79. The van der Waals surface area contributed by atoms with Gasteiger partial charge in [0.25, 0.3) is 5.91 Å². The van der Waals surface area contributed by atoms with Gasteiger partial charge < -0.3 is 14.2 Å². The molecule has 0 bridgehead atoms. The molecule has 1 aromatic carbocycles. The van der Waals surface area contributed by atoms with Crippen LogP contribution in [0.15, 0.2) is 21.6 Å². The number of ether oxygens (including phenoxy) is 1. The number of amides is 1. The van der Waals surface area contributed by atoms with Gasteiger partial charge in [0.2, 0.25) is 21.7 Å². The van der Waals surface area contributed by atoms with Crippen LogP contribution in [0.1, 0.15) is 69.8 Å². The van der Waals surface area contributed by atoms with E-state index in [0.717, 1.165) is 36.7 Å². The lowest BCUT2D eigenvalue weighted by Crippen LogP contribution is -2.44. The van der Waals surface area contributed by atoms with Gasteiger partial charge in [0, 0.05) is 24.6 Å². The minimum atomic E-state index is -4.83. The van der Waals surface area contributed by atoms with Gasteiger partial charge in [-0.1, -0.05) is 41.3 Å². The largest absolute Gasteiger partial charge is 0.469 e. The zero-order chi connectivity index (χ0) is 34.2. The van der Waals surface area contributed by atoms with Gasteiger partial charge in [-0.15, -0.1) is 11.3 Å². The van der Waals surface area contributed by atoms with Crippen molar-refractivity contribution in [3.05, 3.63) is 33.8 Å². The first kappa shape index (κ1) is 36.1. The van der Waals surface area contributed by atoms with E-state index in [4.69, 9.17) is 32.5 Å². The maximum atomic E-state index is 13.9. The van der Waals surface area contributed by atoms with E-state index in [1.165, 1.54) is 20.1 Å². The van der Waals surface area contributed by atoms with E-state index in [1.807, 2.05) is 6.92 Å². The maximum absolute atomic E-state index is 13.9. The van der Waals surface area contributed by atoms with Crippen molar-refractivity contribution in [1.29, 1.82) is 0 Å². The molecule has 1 amide bonds. The highest BCUT2D eigenvalue weighted by atomic mass is 35.5. The molecule has 0 aliphatic carbocycles. The number of hydrogen-bond acceptors (Lipinski definition) is 10. The predicted octanol–water partition coefficient (Wildman–Crippen LogP) is 6.54. The van der Waals surface area contributed by atoms with Gasteiger partial charge in [0.15, 0.2) is 5.01 Å². The Kier molecular flexibility index (Phi) is 10.8. The number of methoxy groups -OCH3 is 1. The Bertz CT molecular complexity index is 1730. The number of likely N-dealkylation sites (tertiary alicyclic amines) is 1.